The second-order valence-electron chi connectivity index (χ2n) is 5.62. The first kappa shape index (κ1) is 18.0. The van der Waals surface area contributed by atoms with Gasteiger partial charge in [-0.25, -0.2) is 0 Å². The molecule has 0 spiro atoms. The fourth-order valence-electron chi connectivity index (χ4n) is 2.05. The van der Waals surface area contributed by atoms with Crippen molar-refractivity contribution in [1.82, 2.24) is 0 Å². The molecule has 2 aromatic rings. The number of ether oxygens (including phenoxy) is 1. The van der Waals surface area contributed by atoms with E-state index in [0.29, 0.717) is 22.9 Å². The summed E-state index contributed by atoms with van der Waals surface area (Å²) < 4.78 is 6.35. The molecular weight excluding hydrogens is 372 g/mol. The number of anilines is 1. The molecule has 2 aromatic carbocycles. The SMILES string of the molecule is CC(C)c1ccc(OCC(=O)Nc2ccc(C(N)=O)cc2)c(Br)c1. The lowest BCUT2D eigenvalue weighted by molar-refractivity contribution is -0.118. The number of carbonyl (C=O) groups is 2. The second kappa shape index (κ2) is 7.97. The number of rotatable bonds is 6. The van der Waals surface area contributed by atoms with Crippen LogP contribution >= 0.6 is 15.9 Å². The van der Waals surface area contributed by atoms with Gasteiger partial charge in [0.15, 0.2) is 6.61 Å². The summed E-state index contributed by atoms with van der Waals surface area (Å²) in [7, 11) is 0. The minimum absolute atomic E-state index is 0.114. The molecule has 2 rings (SSSR count). The van der Waals surface area contributed by atoms with E-state index in [-0.39, 0.29) is 12.5 Å². The summed E-state index contributed by atoms with van der Waals surface area (Å²) in [6, 6.07) is 12.1. The zero-order valence-corrected chi connectivity index (χ0v) is 15.1. The molecule has 0 aliphatic heterocycles. The van der Waals surface area contributed by atoms with Gasteiger partial charge in [0.1, 0.15) is 5.75 Å². The van der Waals surface area contributed by atoms with E-state index in [4.69, 9.17) is 10.5 Å². The van der Waals surface area contributed by atoms with E-state index in [2.05, 4.69) is 35.1 Å². The molecule has 0 aromatic heterocycles. The van der Waals surface area contributed by atoms with E-state index in [0.717, 1.165) is 4.47 Å². The van der Waals surface area contributed by atoms with Crippen LogP contribution in [-0.4, -0.2) is 18.4 Å². The van der Waals surface area contributed by atoms with E-state index in [9.17, 15) is 9.59 Å². The van der Waals surface area contributed by atoms with Gasteiger partial charge >= 0.3 is 0 Å². The molecule has 0 fully saturated rings. The maximum Gasteiger partial charge on any atom is 0.262 e. The fourth-order valence-corrected chi connectivity index (χ4v) is 2.56. The van der Waals surface area contributed by atoms with Gasteiger partial charge in [-0.2, -0.15) is 0 Å². The Labute approximate surface area is 149 Å². The van der Waals surface area contributed by atoms with Crippen LogP contribution in [0.3, 0.4) is 0 Å². The molecule has 24 heavy (non-hydrogen) atoms. The van der Waals surface area contributed by atoms with Crippen molar-refractivity contribution in [3.63, 3.8) is 0 Å². The van der Waals surface area contributed by atoms with Crippen molar-refractivity contribution in [3.05, 3.63) is 58.1 Å². The highest BCUT2D eigenvalue weighted by Gasteiger charge is 2.09. The molecule has 6 heteroatoms. The Morgan fingerprint density at radius 3 is 2.38 bits per heavy atom. The maximum atomic E-state index is 11.9. The predicted molar refractivity (Wildman–Crippen MR) is 97.3 cm³/mol. The van der Waals surface area contributed by atoms with Gasteiger partial charge in [-0.3, -0.25) is 9.59 Å². The smallest absolute Gasteiger partial charge is 0.262 e. The van der Waals surface area contributed by atoms with Crippen LogP contribution in [0.5, 0.6) is 5.75 Å². The number of halogens is 1. The number of benzene rings is 2. The molecule has 126 valence electrons. The second-order valence-corrected chi connectivity index (χ2v) is 6.48. The summed E-state index contributed by atoms with van der Waals surface area (Å²) in [5.41, 5.74) is 7.32. The van der Waals surface area contributed by atoms with E-state index in [1.165, 1.54) is 5.56 Å². The van der Waals surface area contributed by atoms with E-state index < -0.39 is 5.91 Å². The molecule has 0 atom stereocenters. The standard InChI is InChI=1S/C18H19BrN2O3/c1-11(2)13-5-8-16(15(19)9-13)24-10-17(22)21-14-6-3-12(4-7-14)18(20)23/h3-9,11H,10H2,1-2H3,(H2,20,23)(H,21,22). The topological polar surface area (TPSA) is 81.4 Å². The Bertz CT molecular complexity index is 742. The van der Waals surface area contributed by atoms with Crippen LogP contribution in [0.15, 0.2) is 46.9 Å². The number of primary amides is 1. The van der Waals surface area contributed by atoms with Crippen molar-refractivity contribution < 1.29 is 14.3 Å². The summed E-state index contributed by atoms with van der Waals surface area (Å²) in [6.07, 6.45) is 0. The summed E-state index contributed by atoms with van der Waals surface area (Å²) >= 11 is 3.45. The minimum atomic E-state index is -0.508. The lowest BCUT2D eigenvalue weighted by Crippen LogP contribution is -2.20. The molecule has 0 bridgehead atoms. The van der Waals surface area contributed by atoms with Gasteiger partial charge < -0.3 is 15.8 Å². The fraction of sp³-hybridized carbons (Fsp3) is 0.222. The van der Waals surface area contributed by atoms with Crippen LogP contribution in [0.25, 0.3) is 0 Å². The van der Waals surface area contributed by atoms with Crippen LogP contribution < -0.4 is 15.8 Å². The largest absolute Gasteiger partial charge is 0.483 e. The Morgan fingerprint density at radius 2 is 1.83 bits per heavy atom. The first-order chi connectivity index (χ1) is 11.4. The van der Waals surface area contributed by atoms with Gasteiger partial charge in [0.25, 0.3) is 5.91 Å². The van der Waals surface area contributed by atoms with Gasteiger partial charge in [-0.05, 0) is 63.8 Å². The van der Waals surface area contributed by atoms with Crippen molar-refractivity contribution in [2.24, 2.45) is 5.73 Å². The van der Waals surface area contributed by atoms with E-state index in [1.807, 2.05) is 18.2 Å². The van der Waals surface area contributed by atoms with Crippen LogP contribution in [-0.2, 0) is 4.79 Å². The average molecular weight is 391 g/mol. The quantitative estimate of drug-likeness (QED) is 0.788. The highest BCUT2D eigenvalue weighted by molar-refractivity contribution is 9.10. The molecule has 3 N–H and O–H groups in total. The van der Waals surface area contributed by atoms with Crippen molar-refractivity contribution >= 4 is 33.4 Å². The number of hydrogen-bond donors (Lipinski definition) is 2. The van der Waals surface area contributed by atoms with Crippen molar-refractivity contribution in [2.75, 3.05) is 11.9 Å². The highest BCUT2D eigenvalue weighted by atomic mass is 79.9. The Hall–Kier alpha value is -2.34. The van der Waals surface area contributed by atoms with Gasteiger partial charge in [0.05, 0.1) is 4.47 Å². The number of nitrogens with two attached hydrogens (primary N) is 1. The van der Waals surface area contributed by atoms with Crippen molar-refractivity contribution in [3.8, 4) is 5.75 Å². The van der Waals surface area contributed by atoms with Crippen molar-refractivity contribution in [1.29, 1.82) is 0 Å². The summed E-state index contributed by atoms with van der Waals surface area (Å²) in [5, 5.41) is 2.70. The van der Waals surface area contributed by atoms with E-state index in [1.54, 1.807) is 24.3 Å². The van der Waals surface area contributed by atoms with Gasteiger partial charge in [-0.1, -0.05) is 19.9 Å². The van der Waals surface area contributed by atoms with Crippen LogP contribution in [0.1, 0.15) is 35.7 Å². The van der Waals surface area contributed by atoms with Crippen LogP contribution in [0.4, 0.5) is 5.69 Å². The molecule has 0 aliphatic rings. The number of hydrogen-bond acceptors (Lipinski definition) is 3. The normalized spacial score (nSPS) is 10.5. The first-order valence-corrected chi connectivity index (χ1v) is 8.28. The lowest BCUT2D eigenvalue weighted by atomic mass is 10.0. The number of nitrogens with one attached hydrogen (secondary N) is 1. The van der Waals surface area contributed by atoms with Crippen LogP contribution in [0, 0.1) is 0 Å². The summed E-state index contributed by atoms with van der Waals surface area (Å²) in [5.74, 6) is 0.230. The highest BCUT2D eigenvalue weighted by Crippen LogP contribution is 2.28. The molecule has 0 aliphatic carbocycles. The first-order valence-electron chi connectivity index (χ1n) is 7.49. The average Bonchev–Trinajstić information content (AvgIpc) is 2.54. The third-order valence-corrected chi connectivity index (χ3v) is 4.05. The third-order valence-electron chi connectivity index (χ3n) is 3.43. The van der Waals surface area contributed by atoms with Crippen LogP contribution in [0.2, 0.25) is 0 Å². The summed E-state index contributed by atoms with van der Waals surface area (Å²) in [4.78, 5) is 23.0. The van der Waals surface area contributed by atoms with E-state index >= 15 is 0 Å². The molecule has 5 nitrogen and oxygen atoms in total. The third kappa shape index (κ3) is 4.83. The lowest BCUT2D eigenvalue weighted by Gasteiger charge is -2.11. The molecular formula is C18H19BrN2O3. The monoisotopic (exact) mass is 390 g/mol. The molecule has 0 saturated heterocycles. The minimum Gasteiger partial charge on any atom is -0.483 e. The van der Waals surface area contributed by atoms with Gasteiger partial charge in [0.2, 0.25) is 5.91 Å². The molecule has 0 unspecified atom stereocenters. The zero-order chi connectivity index (χ0) is 17.7. The Kier molecular flexibility index (Phi) is 5.98. The molecule has 0 saturated carbocycles. The number of amides is 2. The van der Waals surface area contributed by atoms with Crippen molar-refractivity contribution in [2.45, 2.75) is 19.8 Å². The number of carbonyl (C=O) groups excluding carboxylic acids is 2. The Balaban J connectivity index is 1.92. The molecule has 0 heterocycles. The molecule has 0 radical (unpaired) electrons. The predicted octanol–water partition coefficient (Wildman–Crippen LogP) is 3.69. The Morgan fingerprint density at radius 1 is 1.17 bits per heavy atom. The zero-order valence-electron chi connectivity index (χ0n) is 13.5. The van der Waals surface area contributed by atoms with Gasteiger partial charge in [-0.15, -0.1) is 0 Å². The maximum absolute atomic E-state index is 11.9. The molecule has 2 amide bonds. The van der Waals surface area contributed by atoms with Gasteiger partial charge in [0, 0.05) is 11.3 Å². The summed E-state index contributed by atoms with van der Waals surface area (Å²) in [6.45, 7) is 4.11.